The van der Waals surface area contributed by atoms with Gasteiger partial charge in [0.25, 0.3) is 0 Å². The molecule has 0 saturated heterocycles. The minimum absolute atomic E-state index is 0.245. The van der Waals surface area contributed by atoms with Gasteiger partial charge in [-0.3, -0.25) is 4.68 Å². The van der Waals surface area contributed by atoms with E-state index < -0.39 is 0 Å². The molecular formula is C16H17FN6. The first-order chi connectivity index (χ1) is 11.3. The summed E-state index contributed by atoms with van der Waals surface area (Å²) >= 11 is 0. The number of H-pyrrole nitrogens is 1. The zero-order valence-corrected chi connectivity index (χ0v) is 12.5. The van der Waals surface area contributed by atoms with Crippen LogP contribution in [0, 0.1) is 5.82 Å². The molecule has 0 amide bonds. The maximum atomic E-state index is 12.9. The van der Waals surface area contributed by atoms with Gasteiger partial charge in [0.2, 0.25) is 5.95 Å². The zero-order chi connectivity index (χ0) is 15.6. The lowest BCUT2D eigenvalue weighted by Crippen LogP contribution is -2.11. The van der Waals surface area contributed by atoms with Crippen LogP contribution in [0.2, 0.25) is 0 Å². The molecule has 2 heterocycles. The van der Waals surface area contributed by atoms with Crippen LogP contribution in [0.4, 0.5) is 10.3 Å². The van der Waals surface area contributed by atoms with Crippen molar-refractivity contribution in [3.8, 4) is 11.3 Å². The van der Waals surface area contributed by atoms with Crippen LogP contribution in [0.3, 0.4) is 0 Å². The summed E-state index contributed by atoms with van der Waals surface area (Å²) in [5, 5.41) is 11.5. The predicted molar refractivity (Wildman–Crippen MR) is 84.5 cm³/mol. The van der Waals surface area contributed by atoms with E-state index in [-0.39, 0.29) is 5.82 Å². The molecule has 118 valence electrons. The summed E-state index contributed by atoms with van der Waals surface area (Å²) in [6.07, 6.45) is 6.21. The fourth-order valence-corrected chi connectivity index (χ4v) is 2.46. The van der Waals surface area contributed by atoms with Crippen LogP contribution in [0.1, 0.15) is 24.5 Å². The van der Waals surface area contributed by atoms with Crippen LogP contribution in [0.5, 0.6) is 0 Å². The number of imidazole rings is 1. The summed E-state index contributed by atoms with van der Waals surface area (Å²) in [4.78, 5) is 7.46. The smallest absolute Gasteiger partial charge is 0.200 e. The molecule has 23 heavy (non-hydrogen) atoms. The first kappa shape index (κ1) is 13.9. The molecule has 1 saturated carbocycles. The molecule has 1 aliphatic rings. The van der Waals surface area contributed by atoms with Crippen molar-refractivity contribution in [1.29, 1.82) is 0 Å². The van der Waals surface area contributed by atoms with Gasteiger partial charge in [-0.1, -0.05) is 5.21 Å². The van der Waals surface area contributed by atoms with E-state index in [2.05, 4.69) is 25.6 Å². The van der Waals surface area contributed by atoms with Crippen LogP contribution in [0.25, 0.3) is 11.3 Å². The molecule has 0 aliphatic heterocycles. The minimum atomic E-state index is -0.245. The summed E-state index contributed by atoms with van der Waals surface area (Å²) in [6, 6.07) is 6.32. The molecule has 6 nitrogen and oxygen atoms in total. The number of hydrogen-bond acceptors (Lipinski definition) is 4. The molecule has 2 N–H and O–H groups in total. The number of nitrogens with zero attached hydrogens (tertiary/aromatic N) is 4. The van der Waals surface area contributed by atoms with E-state index in [9.17, 15) is 4.39 Å². The SMILES string of the molecule is Fc1ccc(-c2cnc(NCCn3cc(C4CC4)nn3)[nH]2)cc1. The molecule has 0 spiro atoms. The predicted octanol–water partition coefficient (Wildman–Crippen LogP) is 2.80. The first-order valence-electron chi connectivity index (χ1n) is 7.73. The highest BCUT2D eigenvalue weighted by Crippen LogP contribution is 2.38. The lowest BCUT2D eigenvalue weighted by molar-refractivity contribution is 0.607. The Morgan fingerprint density at radius 1 is 1.26 bits per heavy atom. The van der Waals surface area contributed by atoms with Gasteiger partial charge in [-0.05, 0) is 42.7 Å². The van der Waals surface area contributed by atoms with Crippen molar-refractivity contribution >= 4 is 5.95 Å². The van der Waals surface area contributed by atoms with Crippen molar-refractivity contribution in [3.05, 3.63) is 48.2 Å². The minimum Gasteiger partial charge on any atom is -0.354 e. The summed E-state index contributed by atoms with van der Waals surface area (Å²) in [5.41, 5.74) is 2.85. The highest BCUT2D eigenvalue weighted by atomic mass is 19.1. The largest absolute Gasteiger partial charge is 0.354 e. The van der Waals surface area contributed by atoms with E-state index >= 15 is 0 Å². The number of halogens is 1. The number of anilines is 1. The third-order valence-electron chi connectivity index (χ3n) is 3.92. The molecule has 4 rings (SSSR count). The Morgan fingerprint density at radius 2 is 2.09 bits per heavy atom. The standard InChI is InChI=1S/C16H17FN6/c17-13-5-3-11(4-6-13)14-9-19-16(20-14)18-7-8-23-10-15(21-22-23)12-1-2-12/h3-6,9-10,12H,1-2,7-8H2,(H2,18,19,20). The van der Waals surface area contributed by atoms with Crippen LogP contribution in [0.15, 0.2) is 36.7 Å². The molecule has 0 atom stereocenters. The Bertz CT molecular complexity index is 787. The number of aromatic amines is 1. The zero-order valence-electron chi connectivity index (χ0n) is 12.5. The molecule has 0 bridgehead atoms. The maximum absolute atomic E-state index is 12.9. The summed E-state index contributed by atoms with van der Waals surface area (Å²) in [7, 11) is 0. The van der Waals surface area contributed by atoms with Gasteiger partial charge in [0.15, 0.2) is 0 Å². The number of aromatic nitrogens is 5. The number of benzene rings is 1. The van der Waals surface area contributed by atoms with E-state index in [0.29, 0.717) is 18.4 Å². The number of nitrogens with one attached hydrogen (secondary N) is 2. The maximum Gasteiger partial charge on any atom is 0.200 e. The molecule has 1 aliphatic carbocycles. The van der Waals surface area contributed by atoms with Gasteiger partial charge in [-0.2, -0.15) is 0 Å². The lowest BCUT2D eigenvalue weighted by Gasteiger charge is -2.02. The van der Waals surface area contributed by atoms with Gasteiger partial charge in [0.05, 0.1) is 24.1 Å². The van der Waals surface area contributed by atoms with E-state index in [4.69, 9.17) is 0 Å². The van der Waals surface area contributed by atoms with Crippen LogP contribution in [-0.4, -0.2) is 31.5 Å². The first-order valence-corrected chi connectivity index (χ1v) is 7.73. The van der Waals surface area contributed by atoms with Gasteiger partial charge in [0, 0.05) is 18.7 Å². The monoisotopic (exact) mass is 312 g/mol. The Balaban J connectivity index is 1.33. The second kappa shape index (κ2) is 5.83. The van der Waals surface area contributed by atoms with Gasteiger partial charge in [-0.15, -0.1) is 5.10 Å². The quantitative estimate of drug-likeness (QED) is 0.734. The van der Waals surface area contributed by atoms with Crippen molar-refractivity contribution in [3.63, 3.8) is 0 Å². The molecule has 3 aromatic rings. The van der Waals surface area contributed by atoms with E-state index in [1.165, 1.54) is 25.0 Å². The van der Waals surface area contributed by atoms with Gasteiger partial charge in [-0.25, -0.2) is 9.37 Å². The molecule has 1 aromatic carbocycles. The van der Waals surface area contributed by atoms with E-state index in [1.807, 2.05) is 10.9 Å². The van der Waals surface area contributed by atoms with Crippen molar-refractivity contribution in [2.24, 2.45) is 0 Å². The Kier molecular flexibility index (Phi) is 3.53. The normalized spacial score (nSPS) is 14.1. The van der Waals surface area contributed by atoms with E-state index in [1.54, 1.807) is 18.3 Å². The van der Waals surface area contributed by atoms with Crippen molar-refractivity contribution < 1.29 is 4.39 Å². The third kappa shape index (κ3) is 3.23. The van der Waals surface area contributed by atoms with Gasteiger partial charge < -0.3 is 10.3 Å². The molecular weight excluding hydrogens is 295 g/mol. The third-order valence-corrected chi connectivity index (χ3v) is 3.92. The topological polar surface area (TPSA) is 71.4 Å². The highest BCUT2D eigenvalue weighted by Gasteiger charge is 2.26. The summed E-state index contributed by atoms with van der Waals surface area (Å²) < 4.78 is 14.8. The Labute approximate surface area is 132 Å². The second-order valence-corrected chi connectivity index (χ2v) is 5.76. The van der Waals surface area contributed by atoms with Crippen molar-refractivity contribution in [2.45, 2.75) is 25.3 Å². The van der Waals surface area contributed by atoms with Crippen LogP contribution in [-0.2, 0) is 6.54 Å². The van der Waals surface area contributed by atoms with E-state index in [0.717, 1.165) is 23.5 Å². The van der Waals surface area contributed by atoms with Crippen molar-refractivity contribution in [1.82, 2.24) is 25.0 Å². The average molecular weight is 312 g/mol. The molecule has 2 aromatic heterocycles. The summed E-state index contributed by atoms with van der Waals surface area (Å²) in [5.74, 6) is 1.07. The van der Waals surface area contributed by atoms with Gasteiger partial charge >= 0.3 is 0 Å². The molecule has 0 unspecified atom stereocenters. The van der Waals surface area contributed by atoms with Crippen LogP contribution < -0.4 is 5.32 Å². The molecule has 7 heteroatoms. The fourth-order valence-electron chi connectivity index (χ4n) is 2.46. The fraction of sp³-hybridized carbons (Fsp3) is 0.312. The molecule has 1 fully saturated rings. The Hall–Kier alpha value is -2.70. The number of hydrogen-bond donors (Lipinski definition) is 2. The second-order valence-electron chi connectivity index (χ2n) is 5.76. The van der Waals surface area contributed by atoms with Crippen LogP contribution >= 0.6 is 0 Å². The summed E-state index contributed by atoms with van der Waals surface area (Å²) in [6.45, 7) is 1.43. The lowest BCUT2D eigenvalue weighted by atomic mass is 10.2. The highest BCUT2D eigenvalue weighted by molar-refractivity contribution is 5.60. The molecule has 0 radical (unpaired) electrons. The van der Waals surface area contributed by atoms with Crippen molar-refractivity contribution in [2.75, 3.05) is 11.9 Å². The van der Waals surface area contributed by atoms with Gasteiger partial charge in [0.1, 0.15) is 5.82 Å². The Morgan fingerprint density at radius 3 is 2.87 bits per heavy atom. The number of rotatable bonds is 6. The average Bonchev–Trinajstić information content (AvgIpc) is 3.12.